The molecule has 4 aliphatic heterocycles. The zero-order valence-electron chi connectivity index (χ0n) is 71.6. The zero-order valence-corrected chi connectivity index (χ0v) is 71.6. The van der Waals surface area contributed by atoms with Crippen molar-refractivity contribution in [1.82, 2.24) is 14.5 Å². The van der Waals surface area contributed by atoms with Gasteiger partial charge in [0.05, 0.1) is 35.8 Å². The molecule has 4 heterocycles. The molecule has 648 valence electrons. The van der Waals surface area contributed by atoms with Crippen LogP contribution in [0.25, 0.3) is 66.8 Å². The van der Waals surface area contributed by atoms with Gasteiger partial charge in [-0.3, -0.25) is 24.0 Å². The second-order valence-corrected chi connectivity index (χ2v) is 27.7. The molecule has 2 aliphatic carbocycles. The second kappa shape index (κ2) is 44.5. The van der Waals surface area contributed by atoms with Crippen LogP contribution in [0.15, 0.2) is 229 Å². The van der Waals surface area contributed by atoms with Gasteiger partial charge >= 0.3 is 35.9 Å². The van der Waals surface area contributed by atoms with E-state index in [0.29, 0.717) is 90.1 Å². The molecular formula is C96H104N7O21+. The Morgan fingerprint density at radius 3 is 1.26 bits per heavy atom. The van der Waals surface area contributed by atoms with Gasteiger partial charge in [0.1, 0.15) is 67.1 Å². The molecule has 1 amide bonds. The molecular weight excluding hydrogens is 1590 g/mol. The van der Waals surface area contributed by atoms with E-state index in [9.17, 15) is 43.8 Å². The highest BCUT2D eigenvalue weighted by Crippen LogP contribution is 2.57. The molecule has 28 nitrogen and oxygen atoms in total. The first-order valence-corrected chi connectivity index (χ1v) is 40.1. The Morgan fingerprint density at radius 1 is 0.468 bits per heavy atom. The van der Waals surface area contributed by atoms with E-state index in [1.165, 1.54) is 27.8 Å². The number of carbonyl (C=O) groups is 9. The molecule has 1 atom stereocenters. The number of aliphatic carboxylic acids is 2. The minimum absolute atomic E-state index is 0.113. The standard InChI is InChI=1S/3C30H30N2O5.C2H5NO2.2C2H4O2/c1-5-31(6-2)21-12-14-25-27(18-21)36-28-19-22(32(7-3)16-17-35-20(4)33)13-15-26(28)30(25)24-11-9-8-10-23(24)29(34)37-30;2*1-5-31(6-2)21-12-14-25-27(18-21)37-28-19-22(32(7-3)16-17-36-20(4)33)13-15-26(28)29(25)23-10-8-9-11-24(23)30(34)35;1-3-2(4)5;2*1-2(3)4/h3*5,8-15,18-19H,1,6-7,16-17H2,2-4H3;3H,1H3,(H,4,5);2*1H3,(H,3,4)/p+1. The monoisotopic (exact) mass is 1690 g/mol. The normalized spacial score (nSPS) is 12.7. The molecule has 0 aromatic heterocycles. The molecule has 0 radical (unpaired) electrons. The lowest BCUT2D eigenvalue weighted by Gasteiger charge is -2.37. The first kappa shape index (κ1) is 94.7. The van der Waals surface area contributed by atoms with E-state index in [2.05, 4.69) is 40.7 Å². The number of carbonyl (C=O) groups excluding carboxylic acids is 5. The highest BCUT2D eigenvalue weighted by molar-refractivity contribution is 6.09. The van der Waals surface area contributed by atoms with E-state index in [1.54, 1.807) is 55.0 Å². The van der Waals surface area contributed by atoms with Crippen LogP contribution in [0.1, 0.15) is 124 Å². The van der Waals surface area contributed by atoms with Crippen LogP contribution in [-0.2, 0) is 48.5 Å². The van der Waals surface area contributed by atoms with E-state index in [1.807, 2.05) is 200 Å². The Kier molecular flexibility index (Phi) is 33.9. The van der Waals surface area contributed by atoms with Gasteiger partial charge in [0, 0.05) is 182 Å². The molecule has 0 fully saturated rings. The average molecular weight is 1690 g/mol. The van der Waals surface area contributed by atoms with Crippen LogP contribution >= 0.6 is 0 Å². The molecule has 7 aromatic rings. The minimum Gasteiger partial charge on any atom is -0.545 e. The summed E-state index contributed by atoms with van der Waals surface area (Å²) in [4.78, 5) is 106. The van der Waals surface area contributed by atoms with E-state index in [4.69, 9.17) is 57.4 Å². The van der Waals surface area contributed by atoms with Crippen LogP contribution in [0, 0.1) is 0 Å². The zero-order chi connectivity index (χ0) is 90.6. The molecule has 0 bridgehead atoms. The summed E-state index contributed by atoms with van der Waals surface area (Å²) in [5.41, 5.74) is 11.4. The van der Waals surface area contributed by atoms with E-state index in [-0.39, 0.29) is 54.8 Å². The number of fused-ring (bicyclic) bond motifs is 10. The number of nitrogens with zero attached hydrogens (tertiary/aromatic N) is 6. The molecule has 1 unspecified atom stereocenters. The predicted molar refractivity (Wildman–Crippen MR) is 475 cm³/mol. The minimum atomic E-state index is -1.24. The number of rotatable bonds is 26. The summed E-state index contributed by atoms with van der Waals surface area (Å²) in [5, 5.41) is 49.8. The molecule has 1 spiro atoms. The number of anilines is 4. The molecule has 124 heavy (non-hydrogen) atoms. The second-order valence-electron chi connectivity index (χ2n) is 27.7. The Hall–Kier alpha value is -14.8. The quantitative estimate of drug-likeness (QED) is 0.0145. The number of amides is 1. The number of esters is 4. The molecule has 13 rings (SSSR count). The Labute approximate surface area is 718 Å². The van der Waals surface area contributed by atoms with E-state index < -0.39 is 35.6 Å². The molecule has 0 saturated carbocycles. The van der Waals surface area contributed by atoms with Gasteiger partial charge in [0.15, 0.2) is 18.7 Å². The van der Waals surface area contributed by atoms with Crippen molar-refractivity contribution < 1.29 is 101 Å². The number of ether oxygens (including phenoxy) is 5. The molecule has 0 saturated heterocycles. The van der Waals surface area contributed by atoms with Crippen LogP contribution in [-0.4, -0.2) is 160 Å². The topological polar surface area (TPSA) is 361 Å². The van der Waals surface area contributed by atoms with Crippen molar-refractivity contribution in [3.8, 4) is 56.4 Å². The molecule has 28 heteroatoms. The van der Waals surface area contributed by atoms with Crippen molar-refractivity contribution in [2.75, 3.05) is 105 Å². The fraction of sp³-hybridized carbons (Fsp3) is 0.260. The van der Waals surface area contributed by atoms with Crippen LogP contribution in [0.5, 0.6) is 11.5 Å². The van der Waals surface area contributed by atoms with Crippen LogP contribution < -0.4 is 54.6 Å². The predicted octanol–water partition coefficient (Wildman–Crippen LogP) is 14.8. The van der Waals surface area contributed by atoms with Gasteiger partial charge in [-0.1, -0.05) is 80.4 Å². The lowest BCUT2D eigenvalue weighted by molar-refractivity contribution is -0.255. The molecule has 7 aromatic carbocycles. The fourth-order valence-electron chi connectivity index (χ4n) is 14.4. The Bertz CT molecular complexity index is 5620. The van der Waals surface area contributed by atoms with Gasteiger partial charge < -0.3 is 87.8 Å². The SMILES string of the molecule is C=CN(CC)c1ccc2c(-c3ccccc3C(=O)O)c3ccc(=[N+](CC)CCOC(C)=O)cc-3oc2c1.C=CN(CC)c1ccc2c(-c3ccccc3C(=O)[O-])c3ccc(=[N+](CC)CCOC(C)=O)cc-3oc2c1.C=CN(CC)c1ccc2c(c1)Oc1cc(N(CC)CCOC(C)=O)ccc1C21OC(=O)c2ccccc21.CC(=O)O.CC(=O)O.CNC(=O)O. The van der Waals surface area contributed by atoms with Gasteiger partial charge in [0.25, 0.3) is 11.9 Å². The average Bonchev–Trinajstić information content (AvgIpc) is 1.50. The third-order valence-electron chi connectivity index (χ3n) is 20.0. The summed E-state index contributed by atoms with van der Waals surface area (Å²) in [5.74, 6) is -2.72. The number of carboxylic acid groups (broad SMARTS) is 5. The summed E-state index contributed by atoms with van der Waals surface area (Å²) in [6.45, 7) is 37.1. The summed E-state index contributed by atoms with van der Waals surface area (Å²) >= 11 is 0. The summed E-state index contributed by atoms with van der Waals surface area (Å²) < 4.78 is 45.3. The first-order valence-electron chi connectivity index (χ1n) is 40.1. The summed E-state index contributed by atoms with van der Waals surface area (Å²) in [6, 6.07) is 56.8. The first-order chi connectivity index (χ1) is 59.4. The van der Waals surface area contributed by atoms with Gasteiger partial charge in [-0.15, -0.1) is 0 Å². The third kappa shape index (κ3) is 23.0. The number of benzene rings is 9. The Morgan fingerprint density at radius 2 is 0.855 bits per heavy atom. The maximum absolute atomic E-state index is 13.1. The molecule has 6 aliphatic rings. The van der Waals surface area contributed by atoms with Crippen molar-refractivity contribution >= 4 is 98.5 Å². The highest BCUT2D eigenvalue weighted by atomic mass is 16.6. The molecule has 5 N–H and O–H groups in total. The summed E-state index contributed by atoms with van der Waals surface area (Å²) in [6.07, 6.45) is 4.31. The van der Waals surface area contributed by atoms with Gasteiger partial charge in [-0.25, -0.2) is 23.5 Å². The van der Waals surface area contributed by atoms with Crippen LogP contribution in [0.2, 0.25) is 0 Å². The fourth-order valence-corrected chi connectivity index (χ4v) is 14.4. The highest BCUT2D eigenvalue weighted by Gasteiger charge is 2.53. The summed E-state index contributed by atoms with van der Waals surface area (Å²) in [7, 11) is 1.35. The van der Waals surface area contributed by atoms with Crippen molar-refractivity contribution in [2.24, 2.45) is 0 Å². The number of nitrogens with one attached hydrogen (secondary N) is 1. The largest absolute Gasteiger partial charge is 0.545 e. The third-order valence-corrected chi connectivity index (χ3v) is 20.0. The smallest absolute Gasteiger partial charge is 0.404 e. The van der Waals surface area contributed by atoms with Crippen molar-refractivity contribution in [2.45, 2.75) is 81.8 Å². The van der Waals surface area contributed by atoms with E-state index >= 15 is 0 Å². The maximum Gasteiger partial charge on any atom is 0.404 e. The van der Waals surface area contributed by atoms with Crippen molar-refractivity contribution in [3.05, 3.63) is 264 Å². The van der Waals surface area contributed by atoms with Crippen molar-refractivity contribution in [3.63, 3.8) is 0 Å². The number of hydrogen-bond acceptors (Lipinski definition) is 21. The lowest BCUT2D eigenvalue weighted by Crippen LogP contribution is -2.33. The number of hydrogen-bond donors (Lipinski definition) is 5. The Balaban J connectivity index is 0.000000215. The van der Waals surface area contributed by atoms with Gasteiger partial charge in [0.2, 0.25) is 10.7 Å². The van der Waals surface area contributed by atoms with Gasteiger partial charge in [-0.05, 0) is 144 Å². The van der Waals surface area contributed by atoms with Crippen molar-refractivity contribution in [1.29, 1.82) is 0 Å². The van der Waals surface area contributed by atoms with Crippen LogP contribution in [0.4, 0.5) is 27.5 Å². The van der Waals surface area contributed by atoms with Gasteiger partial charge in [-0.2, -0.15) is 0 Å². The number of likely N-dealkylation sites (N-methyl/N-ethyl adjacent to an activating group) is 3. The lowest BCUT2D eigenvalue weighted by atomic mass is 9.77. The van der Waals surface area contributed by atoms with Crippen LogP contribution in [0.3, 0.4) is 0 Å². The van der Waals surface area contributed by atoms with E-state index in [0.717, 1.165) is 117 Å². The number of aromatic carboxylic acids is 2. The number of carboxylic acids is 4. The maximum atomic E-state index is 13.1.